The second-order valence-electron chi connectivity index (χ2n) is 6.26. The third-order valence-corrected chi connectivity index (χ3v) is 5.24. The van der Waals surface area contributed by atoms with Crippen LogP contribution >= 0.6 is 0 Å². The van der Waals surface area contributed by atoms with Gasteiger partial charge in [-0.1, -0.05) is 37.3 Å². The molecule has 1 aromatic rings. The molecule has 1 aliphatic rings. The van der Waals surface area contributed by atoms with Gasteiger partial charge in [0.15, 0.2) is 0 Å². The summed E-state index contributed by atoms with van der Waals surface area (Å²) in [4.78, 5) is 0.239. The molecule has 0 heterocycles. The van der Waals surface area contributed by atoms with Gasteiger partial charge >= 0.3 is 0 Å². The average molecular weight is 374 g/mol. The van der Waals surface area contributed by atoms with Crippen molar-refractivity contribution in [1.29, 1.82) is 0 Å². The molecular formula is C21H27NO3S. The van der Waals surface area contributed by atoms with E-state index in [1.54, 1.807) is 24.3 Å². The molecule has 4 nitrogen and oxygen atoms in total. The van der Waals surface area contributed by atoms with Crippen LogP contribution in [-0.2, 0) is 14.8 Å². The van der Waals surface area contributed by atoms with Crippen LogP contribution in [0.25, 0.3) is 12.2 Å². The maximum absolute atomic E-state index is 12.9. The fraction of sp³-hybridized carbons (Fsp3) is 0.333. The second kappa shape index (κ2) is 8.90. The van der Waals surface area contributed by atoms with Crippen molar-refractivity contribution in [3.05, 3.63) is 63.6 Å². The first-order valence-electron chi connectivity index (χ1n) is 8.90. The van der Waals surface area contributed by atoms with Crippen molar-refractivity contribution in [2.24, 2.45) is 0 Å². The van der Waals surface area contributed by atoms with E-state index in [9.17, 15) is 8.42 Å². The zero-order valence-electron chi connectivity index (χ0n) is 15.8. The van der Waals surface area contributed by atoms with Crippen molar-refractivity contribution in [1.82, 2.24) is 0 Å². The molecule has 0 radical (unpaired) electrons. The molecule has 0 spiro atoms. The Morgan fingerprint density at radius 3 is 2.65 bits per heavy atom. The Labute approximate surface area is 156 Å². The molecular weight excluding hydrogens is 346 g/mol. The molecule has 5 heteroatoms. The van der Waals surface area contributed by atoms with Crippen molar-refractivity contribution < 1.29 is 13.2 Å². The van der Waals surface area contributed by atoms with E-state index >= 15 is 0 Å². The highest BCUT2D eigenvalue weighted by atomic mass is 32.2. The van der Waals surface area contributed by atoms with Crippen molar-refractivity contribution in [2.75, 3.05) is 4.72 Å². The molecule has 0 aliphatic heterocycles. The van der Waals surface area contributed by atoms with E-state index in [2.05, 4.69) is 17.7 Å². The Balaban J connectivity index is 2.33. The molecule has 0 saturated heterocycles. The topological polar surface area (TPSA) is 55.4 Å². The van der Waals surface area contributed by atoms with Gasteiger partial charge in [-0.25, -0.2) is 8.42 Å². The van der Waals surface area contributed by atoms with Crippen LogP contribution in [-0.4, -0.2) is 14.5 Å². The van der Waals surface area contributed by atoms with Gasteiger partial charge in [0, 0.05) is 5.22 Å². The van der Waals surface area contributed by atoms with E-state index in [0.29, 0.717) is 17.9 Å². The fourth-order valence-corrected chi connectivity index (χ4v) is 3.89. The number of ether oxygens (including phenoxy) is 1. The first kappa shape index (κ1) is 20.0. The van der Waals surface area contributed by atoms with Crippen LogP contribution in [0.3, 0.4) is 0 Å². The van der Waals surface area contributed by atoms with E-state index in [4.69, 9.17) is 4.74 Å². The summed E-state index contributed by atoms with van der Waals surface area (Å²) in [6.07, 6.45) is 12.3. The van der Waals surface area contributed by atoms with Gasteiger partial charge in [0.2, 0.25) is 0 Å². The molecule has 1 aliphatic carbocycles. The van der Waals surface area contributed by atoms with E-state index in [-0.39, 0.29) is 11.0 Å². The second-order valence-corrected chi connectivity index (χ2v) is 7.95. The summed E-state index contributed by atoms with van der Waals surface area (Å²) in [5, 5.41) is 1.91. The zero-order valence-corrected chi connectivity index (χ0v) is 16.6. The SMILES string of the molecule is C/C=c1/c(NS(=O)(=O)C2=CCC=C(OC(C)C)C=C2)ccc/c1=C/CC. The summed E-state index contributed by atoms with van der Waals surface area (Å²) in [7, 11) is -3.67. The van der Waals surface area contributed by atoms with Gasteiger partial charge in [-0.2, -0.15) is 0 Å². The number of sulfonamides is 1. The molecule has 140 valence electrons. The number of nitrogens with one attached hydrogen (secondary N) is 1. The van der Waals surface area contributed by atoms with Crippen LogP contribution in [0.5, 0.6) is 0 Å². The van der Waals surface area contributed by atoms with Crippen molar-refractivity contribution in [2.45, 2.75) is 46.6 Å². The molecule has 0 aromatic heterocycles. The third kappa shape index (κ3) is 5.11. The van der Waals surface area contributed by atoms with Crippen molar-refractivity contribution in [3.8, 4) is 0 Å². The first-order valence-corrected chi connectivity index (χ1v) is 10.4. The molecule has 2 rings (SSSR count). The van der Waals surface area contributed by atoms with Crippen molar-refractivity contribution in [3.63, 3.8) is 0 Å². The Morgan fingerprint density at radius 1 is 1.23 bits per heavy atom. The van der Waals surface area contributed by atoms with Gasteiger partial charge in [0.05, 0.1) is 16.7 Å². The molecule has 1 N–H and O–H groups in total. The summed E-state index contributed by atoms with van der Waals surface area (Å²) >= 11 is 0. The molecule has 26 heavy (non-hydrogen) atoms. The number of benzene rings is 1. The minimum atomic E-state index is -3.67. The number of hydrogen-bond donors (Lipinski definition) is 1. The van der Waals surface area contributed by atoms with E-state index in [0.717, 1.165) is 16.9 Å². The average Bonchev–Trinajstić information content (AvgIpc) is 2.81. The molecule has 0 bridgehead atoms. The van der Waals surface area contributed by atoms with Crippen LogP contribution in [0.1, 0.15) is 40.5 Å². The molecule has 0 amide bonds. The lowest BCUT2D eigenvalue weighted by atomic mass is 10.2. The Bertz CT molecular complexity index is 951. The van der Waals surface area contributed by atoms with Gasteiger partial charge in [-0.3, -0.25) is 4.72 Å². The number of anilines is 1. The lowest BCUT2D eigenvalue weighted by molar-refractivity contribution is 0.157. The van der Waals surface area contributed by atoms with Gasteiger partial charge < -0.3 is 4.74 Å². The Kier molecular flexibility index (Phi) is 6.86. The minimum absolute atomic E-state index is 0.0439. The maximum atomic E-state index is 12.9. The summed E-state index contributed by atoms with van der Waals surface area (Å²) in [6, 6.07) is 5.63. The van der Waals surface area contributed by atoms with E-state index in [1.165, 1.54) is 0 Å². The standard InChI is InChI=1S/C21H27NO3S/c1-5-9-17-10-7-13-21(20(17)6-2)22-26(23,24)19-12-8-11-18(14-15-19)25-16(3)4/h6-7,9-16,22H,5,8H2,1-4H3/b17-9-,20-6+. The predicted molar refractivity (Wildman–Crippen MR) is 109 cm³/mol. The highest BCUT2D eigenvalue weighted by Gasteiger charge is 2.17. The fourth-order valence-electron chi connectivity index (χ4n) is 2.75. The van der Waals surface area contributed by atoms with Crippen LogP contribution in [0.15, 0.2) is 53.2 Å². The Morgan fingerprint density at radius 2 is 2.00 bits per heavy atom. The molecule has 0 fully saturated rings. The lowest BCUT2D eigenvalue weighted by Crippen LogP contribution is -2.29. The van der Waals surface area contributed by atoms with Gasteiger partial charge in [0.25, 0.3) is 10.0 Å². The lowest BCUT2D eigenvalue weighted by Gasteiger charge is -2.10. The molecule has 0 unspecified atom stereocenters. The quantitative estimate of drug-likeness (QED) is 0.829. The zero-order chi connectivity index (χ0) is 19.2. The number of hydrogen-bond acceptors (Lipinski definition) is 3. The smallest absolute Gasteiger partial charge is 0.261 e. The monoisotopic (exact) mass is 373 g/mol. The minimum Gasteiger partial charge on any atom is -0.491 e. The number of allylic oxidation sites excluding steroid dienone is 4. The van der Waals surface area contributed by atoms with E-state index < -0.39 is 10.0 Å². The number of rotatable bonds is 6. The van der Waals surface area contributed by atoms with Crippen LogP contribution in [0.2, 0.25) is 0 Å². The Hall–Kier alpha value is -2.27. The summed E-state index contributed by atoms with van der Waals surface area (Å²) in [5.74, 6) is 0.684. The first-order chi connectivity index (χ1) is 12.4. The molecule has 1 aromatic carbocycles. The highest BCUT2D eigenvalue weighted by molar-refractivity contribution is 7.96. The molecule has 0 atom stereocenters. The van der Waals surface area contributed by atoms with Gasteiger partial charge in [0.1, 0.15) is 5.76 Å². The normalized spacial score (nSPS) is 16.3. The maximum Gasteiger partial charge on any atom is 0.261 e. The summed E-state index contributed by atoms with van der Waals surface area (Å²) < 4.78 is 34.1. The highest BCUT2D eigenvalue weighted by Crippen LogP contribution is 2.18. The van der Waals surface area contributed by atoms with Gasteiger partial charge in [-0.05, 0) is 63.1 Å². The predicted octanol–water partition coefficient (Wildman–Crippen LogP) is 3.57. The summed E-state index contributed by atoms with van der Waals surface area (Å²) in [5.41, 5.74) is 0.583. The van der Waals surface area contributed by atoms with E-state index in [1.807, 2.05) is 45.1 Å². The van der Waals surface area contributed by atoms with Gasteiger partial charge in [-0.15, -0.1) is 0 Å². The van der Waals surface area contributed by atoms with Crippen LogP contribution in [0, 0.1) is 0 Å². The van der Waals surface area contributed by atoms with Crippen LogP contribution < -0.4 is 15.2 Å². The summed E-state index contributed by atoms with van der Waals surface area (Å²) in [6.45, 7) is 7.84. The molecule has 0 saturated carbocycles. The van der Waals surface area contributed by atoms with Crippen molar-refractivity contribution >= 4 is 27.9 Å². The third-order valence-electron chi connectivity index (χ3n) is 3.83. The van der Waals surface area contributed by atoms with Crippen LogP contribution in [0.4, 0.5) is 5.69 Å². The largest absolute Gasteiger partial charge is 0.491 e.